The minimum Gasteiger partial charge on any atom is -0.448 e. The van der Waals surface area contributed by atoms with E-state index >= 15 is 0 Å². The Hall–Kier alpha value is -3.15. The van der Waals surface area contributed by atoms with Crippen molar-refractivity contribution in [2.75, 3.05) is 11.4 Å². The molecule has 1 amide bonds. The number of para-hydroxylation sites is 2. The SMILES string of the molecule is CC(OC(=O)c1n[nH]c2ccccc12)C(=O)N1CCCc2ccccc21. The highest BCUT2D eigenvalue weighted by Crippen LogP contribution is 2.27. The molecule has 1 atom stereocenters. The molecule has 2 aromatic carbocycles. The predicted octanol–water partition coefficient (Wildman–Crippen LogP) is 3.09. The number of nitrogens with one attached hydrogen (secondary N) is 1. The van der Waals surface area contributed by atoms with Crippen LogP contribution >= 0.6 is 0 Å². The molecule has 1 aliphatic rings. The largest absolute Gasteiger partial charge is 0.448 e. The van der Waals surface area contributed by atoms with Gasteiger partial charge in [0.1, 0.15) is 0 Å². The van der Waals surface area contributed by atoms with Gasteiger partial charge in [0.05, 0.1) is 5.52 Å². The molecule has 26 heavy (non-hydrogen) atoms. The van der Waals surface area contributed by atoms with E-state index in [0.29, 0.717) is 11.9 Å². The maximum Gasteiger partial charge on any atom is 0.360 e. The van der Waals surface area contributed by atoms with Crippen LogP contribution < -0.4 is 4.90 Å². The van der Waals surface area contributed by atoms with E-state index in [1.807, 2.05) is 42.5 Å². The van der Waals surface area contributed by atoms with Crippen LogP contribution in [0.2, 0.25) is 0 Å². The standard InChI is InChI=1S/C20H19N3O3/c1-13(19(24)23-12-6-8-14-7-2-5-11-17(14)23)26-20(25)18-15-9-3-4-10-16(15)21-22-18/h2-5,7,9-11,13H,6,8,12H2,1H3,(H,21,22). The van der Waals surface area contributed by atoms with Gasteiger partial charge >= 0.3 is 5.97 Å². The number of amides is 1. The molecular formula is C20H19N3O3. The van der Waals surface area contributed by atoms with Crippen molar-refractivity contribution in [2.24, 2.45) is 0 Å². The molecule has 1 unspecified atom stereocenters. The average molecular weight is 349 g/mol. The summed E-state index contributed by atoms with van der Waals surface area (Å²) in [5.74, 6) is -0.820. The molecule has 132 valence electrons. The molecule has 0 radical (unpaired) electrons. The number of nitrogens with zero attached hydrogens (tertiary/aromatic N) is 2. The van der Waals surface area contributed by atoms with Crippen molar-refractivity contribution in [3.63, 3.8) is 0 Å². The predicted molar refractivity (Wildman–Crippen MR) is 98.1 cm³/mol. The molecule has 0 saturated carbocycles. The molecule has 1 aliphatic heterocycles. The van der Waals surface area contributed by atoms with E-state index in [1.54, 1.807) is 17.9 Å². The summed E-state index contributed by atoms with van der Waals surface area (Å²) >= 11 is 0. The fourth-order valence-electron chi connectivity index (χ4n) is 3.37. The third kappa shape index (κ3) is 2.83. The van der Waals surface area contributed by atoms with E-state index in [0.717, 1.165) is 29.6 Å². The summed E-state index contributed by atoms with van der Waals surface area (Å²) in [4.78, 5) is 27.0. The monoisotopic (exact) mass is 349 g/mol. The van der Waals surface area contributed by atoms with E-state index < -0.39 is 12.1 Å². The Kier molecular flexibility index (Phi) is 4.16. The molecule has 0 saturated heterocycles. The number of esters is 1. The maximum atomic E-state index is 12.8. The lowest BCUT2D eigenvalue weighted by molar-refractivity contribution is -0.126. The zero-order chi connectivity index (χ0) is 18.1. The second kappa shape index (κ2) is 6.63. The third-order valence-electron chi connectivity index (χ3n) is 4.67. The van der Waals surface area contributed by atoms with Crippen molar-refractivity contribution >= 4 is 28.5 Å². The van der Waals surface area contributed by atoms with Crippen molar-refractivity contribution in [2.45, 2.75) is 25.9 Å². The lowest BCUT2D eigenvalue weighted by atomic mass is 10.0. The van der Waals surface area contributed by atoms with Crippen molar-refractivity contribution in [1.29, 1.82) is 0 Å². The van der Waals surface area contributed by atoms with Gasteiger partial charge in [-0.05, 0) is 37.5 Å². The number of fused-ring (bicyclic) bond motifs is 2. The van der Waals surface area contributed by atoms with Gasteiger partial charge in [-0.1, -0.05) is 36.4 Å². The summed E-state index contributed by atoms with van der Waals surface area (Å²) in [6.45, 7) is 2.23. The quantitative estimate of drug-likeness (QED) is 0.737. The minimum atomic E-state index is -0.885. The number of hydrogen-bond donors (Lipinski definition) is 1. The van der Waals surface area contributed by atoms with Crippen LogP contribution in [0.1, 0.15) is 29.4 Å². The molecule has 6 heteroatoms. The average Bonchev–Trinajstić information content (AvgIpc) is 3.11. The highest BCUT2D eigenvalue weighted by atomic mass is 16.5. The number of hydrogen-bond acceptors (Lipinski definition) is 4. The van der Waals surface area contributed by atoms with Crippen LogP contribution in [-0.2, 0) is 16.0 Å². The van der Waals surface area contributed by atoms with Crippen LogP contribution in [0.5, 0.6) is 0 Å². The van der Waals surface area contributed by atoms with Crippen LogP contribution in [0.4, 0.5) is 5.69 Å². The molecular weight excluding hydrogens is 330 g/mol. The molecule has 0 fully saturated rings. The summed E-state index contributed by atoms with van der Waals surface area (Å²) in [5, 5.41) is 7.51. The first-order valence-electron chi connectivity index (χ1n) is 8.68. The maximum absolute atomic E-state index is 12.8. The number of H-pyrrole nitrogens is 1. The van der Waals surface area contributed by atoms with Crippen LogP contribution in [0, 0.1) is 0 Å². The lowest BCUT2D eigenvalue weighted by Gasteiger charge is -2.31. The first-order chi connectivity index (χ1) is 12.6. The number of aromatic nitrogens is 2. The molecule has 1 aromatic heterocycles. The molecule has 6 nitrogen and oxygen atoms in total. The summed E-state index contributed by atoms with van der Waals surface area (Å²) < 4.78 is 5.42. The Balaban J connectivity index is 1.52. The van der Waals surface area contributed by atoms with Gasteiger partial charge in [0.15, 0.2) is 11.8 Å². The van der Waals surface area contributed by atoms with Crippen molar-refractivity contribution in [3.8, 4) is 0 Å². The van der Waals surface area contributed by atoms with Crippen molar-refractivity contribution in [1.82, 2.24) is 10.2 Å². The highest BCUT2D eigenvalue weighted by molar-refractivity contribution is 6.04. The number of carbonyl (C=O) groups excluding carboxylic acids is 2. The molecule has 2 heterocycles. The van der Waals surface area contributed by atoms with Crippen LogP contribution in [0.3, 0.4) is 0 Å². The molecule has 3 aromatic rings. The van der Waals surface area contributed by atoms with Gasteiger partial charge in [0.25, 0.3) is 5.91 Å². The van der Waals surface area contributed by atoms with Crippen molar-refractivity contribution in [3.05, 3.63) is 59.8 Å². The second-order valence-corrected chi connectivity index (χ2v) is 6.39. The van der Waals surface area contributed by atoms with E-state index in [4.69, 9.17) is 4.74 Å². The highest BCUT2D eigenvalue weighted by Gasteiger charge is 2.29. The van der Waals surface area contributed by atoms with E-state index in [9.17, 15) is 9.59 Å². The molecule has 1 N–H and O–H groups in total. The van der Waals surface area contributed by atoms with Gasteiger partial charge in [-0.25, -0.2) is 4.79 Å². The summed E-state index contributed by atoms with van der Waals surface area (Å²) in [7, 11) is 0. The summed E-state index contributed by atoms with van der Waals surface area (Å²) in [6.07, 6.45) is 0.963. The number of benzene rings is 2. The van der Waals surface area contributed by atoms with Gasteiger partial charge in [0, 0.05) is 17.6 Å². The Morgan fingerprint density at radius 2 is 1.92 bits per heavy atom. The topological polar surface area (TPSA) is 75.3 Å². The number of ether oxygens (including phenoxy) is 1. The third-order valence-corrected chi connectivity index (χ3v) is 4.67. The van der Waals surface area contributed by atoms with Gasteiger partial charge in [-0.2, -0.15) is 5.10 Å². The van der Waals surface area contributed by atoms with Gasteiger partial charge < -0.3 is 9.64 Å². The van der Waals surface area contributed by atoms with E-state index in [-0.39, 0.29) is 11.6 Å². The number of anilines is 1. The first kappa shape index (κ1) is 16.3. The Bertz CT molecular complexity index is 979. The summed E-state index contributed by atoms with van der Waals surface area (Å²) in [6, 6.07) is 15.2. The minimum absolute atomic E-state index is 0.194. The first-order valence-corrected chi connectivity index (χ1v) is 8.68. The number of carbonyl (C=O) groups is 2. The Morgan fingerprint density at radius 3 is 2.81 bits per heavy atom. The fourth-order valence-corrected chi connectivity index (χ4v) is 3.37. The van der Waals surface area contributed by atoms with Gasteiger partial charge in [-0.3, -0.25) is 9.89 Å². The lowest BCUT2D eigenvalue weighted by Crippen LogP contribution is -2.42. The Labute approximate surface area is 150 Å². The van der Waals surface area contributed by atoms with Crippen LogP contribution in [0.25, 0.3) is 10.9 Å². The normalized spacial score (nSPS) is 14.7. The number of aryl methyl sites for hydroxylation is 1. The van der Waals surface area contributed by atoms with E-state index in [2.05, 4.69) is 10.2 Å². The molecule has 0 spiro atoms. The molecule has 0 bridgehead atoms. The molecule has 0 aliphatic carbocycles. The smallest absolute Gasteiger partial charge is 0.360 e. The van der Waals surface area contributed by atoms with E-state index in [1.165, 1.54) is 0 Å². The molecule has 4 rings (SSSR count). The number of rotatable bonds is 3. The van der Waals surface area contributed by atoms with Gasteiger partial charge in [-0.15, -0.1) is 0 Å². The van der Waals surface area contributed by atoms with Crippen molar-refractivity contribution < 1.29 is 14.3 Å². The van der Waals surface area contributed by atoms with Gasteiger partial charge in [0.2, 0.25) is 0 Å². The zero-order valence-corrected chi connectivity index (χ0v) is 14.4. The zero-order valence-electron chi connectivity index (χ0n) is 14.4. The second-order valence-electron chi connectivity index (χ2n) is 6.39. The van der Waals surface area contributed by atoms with Crippen LogP contribution in [0.15, 0.2) is 48.5 Å². The fraction of sp³-hybridized carbons (Fsp3) is 0.250. The van der Waals surface area contributed by atoms with Crippen LogP contribution in [-0.4, -0.2) is 34.7 Å². The Morgan fingerprint density at radius 1 is 1.15 bits per heavy atom. The number of aromatic amines is 1. The summed E-state index contributed by atoms with van der Waals surface area (Å²) in [5.41, 5.74) is 2.99.